The molecule has 4 rings (SSSR count). The molecule has 27 heavy (non-hydrogen) atoms. The van der Waals surface area contributed by atoms with Crippen LogP contribution in [-0.4, -0.2) is 23.9 Å². The average Bonchev–Trinajstić information content (AvgIpc) is 3.39. The van der Waals surface area contributed by atoms with Gasteiger partial charge in [0.1, 0.15) is 0 Å². The molecule has 0 amide bonds. The van der Waals surface area contributed by atoms with Crippen LogP contribution < -0.4 is 5.32 Å². The van der Waals surface area contributed by atoms with Crippen LogP contribution in [0.15, 0.2) is 60.2 Å². The Morgan fingerprint density at radius 3 is 2.59 bits per heavy atom. The van der Waals surface area contributed by atoms with E-state index in [0.717, 1.165) is 18.6 Å². The minimum Gasteiger partial charge on any atom is -0.352 e. The normalized spacial score (nSPS) is 17.7. The van der Waals surface area contributed by atoms with Gasteiger partial charge in [0.2, 0.25) is 0 Å². The molecule has 0 spiro atoms. The summed E-state index contributed by atoms with van der Waals surface area (Å²) in [6.07, 6.45) is 10.9. The third-order valence-electron chi connectivity index (χ3n) is 4.86. The van der Waals surface area contributed by atoms with Crippen LogP contribution in [0, 0.1) is 0 Å². The quantitative estimate of drug-likeness (QED) is 0.727. The van der Waals surface area contributed by atoms with Crippen LogP contribution in [0.1, 0.15) is 35.3 Å². The lowest BCUT2D eigenvalue weighted by atomic mass is 10.0. The topological polar surface area (TPSA) is 44.9 Å². The number of fused-ring (bicyclic) bond motifs is 1. The summed E-state index contributed by atoms with van der Waals surface area (Å²) in [5.74, 6) is 0. The number of rotatable bonds is 3. The zero-order valence-corrected chi connectivity index (χ0v) is 14.9. The van der Waals surface area contributed by atoms with Gasteiger partial charge in [-0.3, -0.25) is 4.79 Å². The van der Waals surface area contributed by atoms with E-state index in [0.29, 0.717) is 22.7 Å². The second-order valence-corrected chi connectivity index (χ2v) is 6.66. The van der Waals surface area contributed by atoms with Crippen molar-refractivity contribution in [2.45, 2.75) is 31.0 Å². The summed E-state index contributed by atoms with van der Waals surface area (Å²) >= 11 is 0. The van der Waals surface area contributed by atoms with Crippen LogP contribution in [0.25, 0.3) is 10.9 Å². The number of hydrogen-bond donors (Lipinski definition) is 2. The van der Waals surface area contributed by atoms with Crippen molar-refractivity contribution >= 4 is 17.2 Å². The van der Waals surface area contributed by atoms with Crippen LogP contribution in [0.5, 0.6) is 0 Å². The average molecular weight is 374 g/mol. The second-order valence-electron chi connectivity index (χ2n) is 6.66. The number of aromatic amines is 1. The van der Waals surface area contributed by atoms with Crippen molar-refractivity contribution in [3.63, 3.8) is 0 Å². The summed E-state index contributed by atoms with van der Waals surface area (Å²) in [7, 11) is 2.05. The van der Waals surface area contributed by atoms with E-state index < -0.39 is 11.7 Å². The molecule has 0 atom stereocenters. The highest BCUT2D eigenvalue weighted by molar-refractivity contribution is 5.88. The second kappa shape index (κ2) is 7.56. The molecule has 2 aliphatic carbocycles. The molecule has 0 aliphatic heterocycles. The lowest BCUT2D eigenvalue weighted by molar-refractivity contribution is -0.137. The lowest BCUT2D eigenvalue weighted by Gasteiger charge is -2.14. The van der Waals surface area contributed by atoms with E-state index in [1.54, 1.807) is 0 Å². The number of likely N-dealkylation sites (N-methyl/N-ethyl adjacent to an activating group) is 1. The first-order valence-electron chi connectivity index (χ1n) is 8.76. The summed E-state index contributed by atoms with van der Waals surface area (Å²) < 4.78 is 37.0. The van der Waals surface area contributed by atoms with Crippen molar-refractivity contribution in [2.24, 2.45) is 0 Å². The molecule has 0 unspecified atom stereocenters. The summed E-state index contributed by atoms with van der Waals surface area (Å²) in [5, 5.41) is 3.78. The summed E-state index contributed by atoms with van der Waals surface area (Å²) in [5.41, 5.74) is 1.84. The molecule has 3 nitrogen and oxygen atoms in total. The van der Waals surface area contributed by atoms with Crippen molar-refractivity contribution in [1.82, 2.24) is 10.3 Å². The Balaban J connectivity index is 0.000000159. The Hall–Kier alpha value is -2.60. The number of aldehydes is 1. The Labute approximate surface area is 155 Å². The molecule has 0 radical (unpaired) electrons. The van der Waals surface area contributed by atoms with Gasteiger partial charge in [-0.2, -0.15) is 13.2 Å². The number of alkyl halides is 3. The Bertz CT molecular complexity index is 915. The number of carbonyl (C=O) groups is 1. The van der Waals surface area contributed by atoms with Crippen LogP contribution in [0.3, 0.4) is 0 Å². The van der Waals surface area contributed by atoms with Gasteiger partial charge >= 0.3 is 6.18 Å². The largest absolute Gasteiger partial charge is 0.416 e. The van der Waals surface area contributed by atoms with Crippen LogP contribution in [0.2, 0.25) is 0 Å². The van der Waals surface area contributed by atoms with Crippen LogP contribution in [-0.2, 0) is 6.18 Å². The van der Waals surface area contributed by atoms with E-state index in [2.05, 4.69) is 47.7 Å². The minimum absolute atomic E-state index is 0.268. The number of H-pyrrole nitrogens is 1. The SMILES string of the molecule is CNC1(C2=CC=CCC=C2)CC1.O=Cc1cc2cc(C(F)(F)F)ccc2[nH]1. The predicted molar refractivity (Wildman–Crippen MR) is 101 cm³/mol. The summed E-state index contributed by atoms with van der Waals surface area (Å²) in [6, 6.07) is 4.69. The fourth-order valence-electron chi connectivity index (χ4n) is 3.10. The minimum atomic E-state index is -4.35. The lowest BCUT2D eigenvalue weighted by Crippen LogP contribution is -2.28. The molecule has 142 valence electrons. The molecular weight excluding hydrogens is 353 g/mol. The zero-order valence-electron chi connectivity index (χ0n) is 14.9. The third kappa shape index (κ3) is 4.39. The number of halogens is 3. The number of allylic oxidation sites excluding steroid dienone is 4. The van der Waals surface area contributed by atoms with Gasteiger partial charge in [-0.25, -0.2) is 0 Å². The highest BCUT2D eigenvalue weighted by atomic mass is 19.4. The van der Waals surface area contributed by atoms with Crippen molar-refractivity contribution in [3.05, 3.63) is 71.5 Å². The Morgan fingerprint density at radius 2 is 1.96 bits per heavy atom. The fourth-order valence-corrected chi connectivity index (χ4v) is 3.10. The van der Waals surface area contributed by atoms with Gasteiger partial charge in [0.15, 0.2) is 6.29 Å². The molecule has 1 fully saturated rings. The van der Waals surface area contributed by atoms with Gasteiger partial charge in [0.05, 0.1) is 11.3 Å². The maximum absolute atomic E-state index is 12.3. The van der Waals surface area contributed by atoms with E-state index in [1.807, 2.05) is 0 Å². The number of hydrogen-bond acceptors (Lipinski definition) is 2. The standard InChI is InChI=1S/C11H15N.C10H6F3NO/c1-12-11(8-9-11)10-6-4-2-3-5-7-10;11-10(12,13)7-1-2-9-6(3-7)4-8(5-15)14-9/h2,4-7,12H,3,8-9H2,1H3;1-5,14H. The van der Waals surface area contributed by atoms with E-state index in [1.165, 1.54) is 30.5 Å². The molecule has 2 aliphatic rings. The maximum Gasteiger partial charge on any atom is 0.416 e. The number of benzene rings is 1. The highest BCUT2D eigenvalue weighted by Crippen LogP contribution is 2.42. The molecule has 6 heteroatoms. The first kappa shape index (κ1) is 19.2. The van der Waals surface area contributed by atoms with E-state index in [4.69, 9.17) is 0 Å². The highest BCUT2D eigenvalue weighted by Gasteiger charge is 2.43. The van der Waals surface area contributed by atoms with E-state index >= 15 is 0 Å². The van der Waals surface area contributed by atoms with Crippen LogP contribution in [0.4, 0.5) is 13.2 Å². The van der Waals surface area contributed by atoms with Gasteiger partial charge < -0.3 is 10.3 Å². The molecule has 1 saturated carbocycles. The molecule has 1 aromatic carbocycles. The van der Waals surface area contributed by atoms with Gasteiger partial charge in [-0.1, -0.05) is 30.4 Å². The van der Waals surface area contributed by atoms with Crippen molar-refractivity contribution < 1.29 is 18.0 Å². The predicted octanol–water partition coefficient (Wildman–Crippen LogP) is 5.18. The van der Waals surface area contributed by atoms with Crippen LogP contribution >= 0.6 is 0 Å². The zero-order chi connectivity index (χ0) is 19.5. The first-order valence-corrected chi connectivity index (χ1v) is 8.76. The molecule has 0 saturated heterocycles. The maximum atomic E-state index is 12.3. The molecule has 2 aromatic rings. The van der Waals surface area contributed by atoms with Gasteiger partial charge in [-0.05, 0) is 56.1 Å². The summed E-state index contributed by atoms with van der Waals surface area (Å²) in [6.45, 7) is 0. The smallest absolute Gasteiger partial charge is 0.352 e. The monoisotopic (exact) mass is 374 g/mol. The molecular formula is C21H21F3N2O. The third-order valence-corrected chi connectivity index (χ3v) is 4.86. The number of aromatic nitrogens is 1. The van der Waals surface area contributed by atoms with E-state index in [-0.39, 0.29) is 5.69 Å². The Kier molecular flexibility index (Phi) is 5.37. The van der Waals surface area contributed by atoms with Gasteiger partial charge in [0.25, 0.3) is 0 Å². The van der Waals surface area contributed by atoms with Gasteiger partial charge in [0, 0.05) is 16.4 Å². The number of carbonyl (C=O) groups excluding carboxylic acids is 1. The molecule has 2 N–H and O–H groups in total. The molecule has 1 heterocycles. The Morgan fingerprint density at radius 1 is 1.19 bits per heavy atom. The van der Waals surface area contributed by atoms with Crippen molar-refractivity contribution in [3.8, 4) is 0 Å². The molecule has 1 aromatic heterocycles. The number of nitrogens with one attached hydrogen (secondary N) is 2. The molecule has 0 bridgehead atoms. The first-order chi connectivity index (χ1) is 12.9. The summed E-state index contributed by atoms with van der Waals surface area (Å²) in [4.78, 5) is 13.1. The van der Waals surface area contributed by atoms with Crippen molar-refractivity contribution in [2.75, 3.05) is 7.05 Å². The van der Waals surface area contributed by atoms with Gasteiger partial charge in [-0.15, -0.1) is 0 Å². The van der Waals surface area contributed by atoms with E-state index in [9.17, 15) is 18.0 Å². The van der Waals surface area contributed by atoms with Crippen molar-refractivity contribution in [1.29, 1.82) is 0 Å². The fraction of sp³-hybridized carbons (Fsp3) is 0.286.